The van der Waals surface area contributed by atoms with Crippen LogP contribution in [0.1, 0.15) is 34.5 Å². The molecule has 0 spiro atoms. The zero-order valence-electron chi connectivity index (χ0n) is 13.2. The maximum absolute atomic E-state index is 12.1. The van der Waals surface area contributed by atoms with Gasteiger partial charge in [-0.2, -0.15) is 9.97 Å². The van der Waals surface area contributed by atoms with Gasteiger partial charge in [0.25, 0.3) is 0 Å². The lowest BCUT2D eigenvalue weighted by Gasteiger charge is -2.11. The molecule has 0 aliphatic carbocycles. The molecule has 23 heavy (non-hydrogen) atoms. The van der Waals surface area contributed by atoms with E-state index in [1.54, 1.807) is 0 Å². The van der Waals surface area contributed by atoms with Gasteiger partial charge in [-0.25, -0.2) is 4.79 Å². The number of fused-ring (bicyclic) bond motifs is 1. The van der Waals surface area contributed by atoms with E-state index in [0.717, 1.165) is 11.1 Å². The number of carbonyl (C=O) groups excluding carboxylic acids is 1. The van der Waals surface area contributed by atoms with Gasteiger partial charge < -0.3 is 18.9 Å². The molecule has 1 aliphatic rings. The Hall–Kier alpha value is -2.83. The summed E-state index contributed by atoms with van der Waals surface area (Å²) in [6.45, 7) is 3.65. The third-order valence-electron chi connectivity index (χ3n) is 3.58. The number of cyclic esters (lactones) is 1. The zero-order chi connectivity index (χ0) is 16.6. The van der Waals surface area contributed by atoms with Crippen LogP contribution in [0, 0.1) is 6.92 Å². The first kappa shape index (κ1) is 15.1. The summed E-state index contributed by atoms with van der Waals surface area (Å²) in [5.74, 6) is 0.564. The Labute approximate surface area is 133 Å². The third-order valence-corrected chi connectivity index (χ3v) is 3.58. The van der Waals surface area contributed by atoms with Gasteiger partial charge in [0.05, 0.1) is 20.3 Å². The minimum absolute atomic E-state index is 0.0325. The molecule has 1 unspecified atom stereocenters. The Morgan fingerprint density at radius 2 is 1.78 bits per heavy atom. The molecule has 0 saturated heterocycles. The standard InChI is InChI=1S/C16H16N2O5/c1-8-5-6-10-9(2)22-15(19)13(10)14(8)23-16-17-11(20-3)7-12(18-16)21-4/h5-7,9H,1-4H3. The van der Waals surface area contributed by atoms with Crippen LogP contribution in [0.5, 0.6) is 23.5 Å². The molecule has 0 radical (unpaired) electrons. The number of hydrogen-bond acceptors (Lipinski definition) is 7. The maximum Gasteiger partial charge on any atom is 0.342 e. The van der Waals surface area contributed by atoms with Gasteiger partial charge in [0.15, 0.2) is 0 Å². The van der Waals surface area contributed by atoms with E-state index in [0.29, 0.717) is 23.1 Å². The van der Waals surface area contributed by atoms with Crippen molar-refractivity contribution >= 4 is 5.97 Å². The minimum Gasteiger partial charge on any atom is -0.481 e. The first-order valence-corrected chi connectivity index (χ1v) is 7.03. The van der Waals surface area contributed by atoms with Gasteiger partial charge in [-0.05, 0) is 19.4 Å². The predicted octanol–water partition coefficient (Wildman–Crippen LogP) is 2.83. The van der Waals surface area contributed by atoms with Crippen molar-refractivity contribution in [3.8, 4) is 23.5 Å². The molecule has 1 aromatic heterocycles. The van der Waals surface area contributed by atoms with Crippen molar-refractivity contribution in [2.75, 3.05) is 14.2 Å². The lowest BCUT2D eigenvalue weighted by atomic mass is 10.0. The van der Waals surface area contributed by atoms with E-state index in [-0.39, 0.29) is 12.1 Å². The van der Waals surface area contributed by atoms with Crippen molar-refractivity contribution in [3.05, 3.63) is 34.9 Å². The SMILES string of the molecule is COc1cc(OC)nc(Oc2c(C)ccc3c2C(=O)OC3C)n1. The Bertz CT molecular complexity index is 753. The first-order valence-electron chi connectivity index (χ1n) is 7.03. The van der Waals surface area contributed by atoms with Crippen LogP contribution < -0.4 is 14.2 Å². The second kappa shape index (κ2) is 5.75. The van der Waals surface area contributed by atoms with E-state index in [1.807, 2.05) is 26.0 Å². The highest BCUT2D eigenvalue weighted by Crippen LogP contribution is 2.39. The molecule has 0 N–H and O–H groups in total. The zero-order valence-corrected chi connectivity index (χ0v) is 13.2. The van der Waals surface area contributed by atoms with Gasteiger partial charge in [-0.15, -0.1) is 0 Å². The van der Waals surface area contributed by atoms with Crippen LogP contribution in [0.4, 0.5) is 0 Å². The molecule has 120 valence electrons. The number of aromatic nitrogens is 2. The summed E-state index contributed by atoms with van der Waals surface area (Å²) in [4.78, 5) is 20.3. The van der Waals surface area contributed by atoms with E-state index in [4.69, 9.17) is 18.9 Å². The fourth-order valence-corrected chi connectivity index (χ4v) is 2.40. The van der Waals surface area contributed by atoms with Crippen LogP contribution in [-0.2, 0) is 4.74 Å². The topological polar surface area (TPSA) is 79.8 Å². The Morgan fingerprint density at radius 1 is 1.13 bits per heavy atom. The summed E-state index contributed by atoms with van der Waals surface area (Å²) in [5.41, 5.74) is 1.97. The van der Waals surface area contributed by atoms with Crippen LogP contribution in [0.2, 0.25) is 0 Å². The molecule has 2 aromatic rings. The number of aryl methyl sites for hydroxylation is 1. The number of ether oxygens (including phenoxy) is 4. The van der Waals surface area contributed by atoms with Gasteiger partial charge in [0, 0.05) is 5.56 Å². The van der Waals surface area contributed by atoms with Crippen molar-refractivity contribution in [1.29, 1.82) is 0 Å². The molecule has 3 rings (SSSR count). The predicted molar refractivity (Wildman–Crippen MR) is 80.2 cm³/mol. The van der Waals surface area contributed by atoms with Crippen molar-refractivity contribution < 1.29 is 23.7 Å². The lowest BCUT2D eigenvalue weighted by molar-refractivity contribution is 0.0420. The summed E-state index contributed by atoms with van der Waals surface area (Å²) < 4.78 is 21.2. The Balaban J connectivity index is 2.06. The molecule has 1 atom stereocenters. The highest BCUT2D eigenvalue weighted by Gasteiger charge is 2.32. The second-order valence-electron chi connectivity index (χ2n) is 5.06. The molecule has 2 heterocycles. The normalized spacial score (nSPS) is 15.8. The van der Waals surface area contributed by atoms with Crippen molar-refractivity contribution in [1.82, 2.24) is 9.97 Å². The van der Waals surface area contributed by atoms with Gasteiger partial charge in [-0.1, -0.05) is 12.1 Å². The Morgan fingerprint density at radius 3 is 2.39 bits per heavy atom. The highest BCUT2D eigenvalue weighted by atomic mass is 16.6. The Kier molecular flexibility index (Phi) is 3.77. The average Bonchev–Trinajstić information content (AvgIpc) is 2.84. The average molecular weight is 316 g/mol. The van der Waals surface area contributed by atoms with E-state index in [1.165, 1.54) is 20.3 Å². The number of esters is 1. The molecule has 0 amide bonds. The van der Waals surface area contributed by atoms with Crippen LogP contribution in [-0.4, -0.2) is 30.2 Å². The second-order valence-corrected chi connectivity index (χ2v) is 5.06. The van der Waals surface area contributed by atoms with Gasteiger partial charge >= 0.3 is 12.0 Å². The lowest BCUT2D eigenvalue weighted by Crippen LogP contribution is -2.03. The van der Waals surface area contributed by atoms with Crippen LogP contribution in [0.25, 0.3) is 0 Å². The van der Waals surface area contributed by atoms with Crippen LogP contribution >= 0.6 is 0 Å². The van der Waals surface area contributed by atoms with Crippen molar-refractivity contribution in [3.63, 3.8) is 0 Å². The summed E-state index contributed by atoms with van der Waals surface area (Å²) in [7, 11) is 2.96. The molecule has 7 heteroatoms. The molecule has 0 bridgehead atoms. The molecular weight excluding hydrogens is 300 g/mol. The summed E-state index contributed by atoms with van der Waals surface area (Å²) in [6.07, 6.45) is -0.304. The van der Waals surface area contributed by atoms with E-state index in [9.17, 15) is 4.79 Å². The highest BCUT2D eigenvalue weighted by molar-refractivity contribution is 5.97. The number of hydrogen-bond donors (Lipinski definition) is 0. The first-order chi connectivity index (χ1) is 11.0. The number of benzene rings is 1. The van der Waals surface area contributed by atoms with Crippen molar-refractivity contribution in [2.24, 2.45) is 0 Å². The fourth-order valence-electron chi connectivity index (χ4n) is 2.40. The molecule has 0 fully saturated rings. The van der Waals surface area contributed by atoms with Crippen LogP contribution in [0.3, 0.4) is 0 Å². The molecule has 1 aliphatic heterocycles. The molecule has 1 aromatic carbocycles. The number of methoxy groups -OCH3 is 2. The smallest absolute Gasteiger partial charge is 0.342 e. The number of rotatable bonds is 4. The van der Waals surface area contributed by atoms with Gasteiger partial charge in [0.2, 0.25) is 11.8 Å². The van der Waals surface area contributed by atoms with E-state index >= 15 is 0 Å². The quantitative estimate of drug-likeness (QED) is 0.802. The van der Waals surface area contributed by atoms with Crippen LogP contribution in [0.15, 0.2) is 18.2 Å². The summed E-state index contributed by atoms with van der Waals surface area (Å²) in [6, 6.07) is 5.29. The minimum atomic E-state index is -0.416. The monoisotopic (exact) mass is 316 g/mol. The van der Waals surface area contributed by atoms with Crippen molar-refractivity contribution in [2.45, 2.75) is 20.0 Å². The summed E-state index contributed by atoms with van der Waals surface area (Å²) >= 11 is 0. The largest absolute Gasteiger partial charge is 0.481 e. The summed E-state index contributed by atoms with van der Waals surface area (Å²) in [5, 5.41) is 0. The fraction of sp³-hybridized carbons (Fsp3) is 0.312. The van der Waals surface area contributed by atoms with Gasteiger partial charge in [0.1, 0.15) is 17.4 Å². The molecule has 7 nitrogen and oxygen atoms in total. The third kappa shape index (κ3) is 2.65. The number of carbonyl (C=O) groups is 1. The maximum atomic E-state index is 12.1. The van der Waals surface area contributed by atoms with E-state index < -0.39 is 5.97 Å². The molecule has 0 saturated carbocycles. The van der Waals surface area contributed by atoms with Gasteiger partial charge in [-0.3, -0.25) is 0 Å². The van der Waals surface area contributed by atoms with E-state index in [2.05, 4.69) is 9.97 Å². The number of nitrogens with zero attached hydrogens (tertiary/aromatic N) is 2. The molecular formula is C16H16N2O5.